The molecule has 0 saturated heterocycles. The minimum absolute atomic E-state index is 0. The van der Waals surface area contributed by atoms with Crippen LogP contribution in [0.15, 0.2) is 12.0 Å². The van der Waals surface area contributed by atoms with Crippen molar-refractivity contribution in [1.82, 2.24) is 0 Å². The van der Waals surface area contributed by atoms with Crippen LogP contribution >= 0.6 is 0 Å². The summed E-state index contributed by atoms with van der Waals surface area (Å²) in [6, 6.07) is 0. The van der Waals surface area contributed by atoms with Gasteiger partial charge >= 0.3 is 5.97 Å². The lowest BCUT2D eigenvalue weighted by atomic mass is 10.3. The highest BCUT2D eigenvalue weighted by Gasteiger charge is 2.05. The van der Waals surface area contributed by atoms with Crippen LogP contribution in [0.2, 0.25) is 0 Å². The molecule has 0 atom stereocenters. The first-order valence-electron chi connectivity index (χ1n) is 3.98. The van der Waals surface area contributed by atoms with Crippen LogP contribution < -0.4 is 18.1 Å². The molecule has 0 radical (unpaired) electrons. The fourth-order valence-electron chi connectivity index (χ4n) is 0.640. The molecule has 0 bridgehead atoms. The van der Waals surface area contributed by atoms with Crippen LogP contribution in [0.4, 0.5) is 0 Å². The van der Waals surface area contributed by atoms with Crippen molar-refractivity contribution < 1.29 is 32.4 Å². The van der Waals surface area contributed by atoms with Gasteiger partial charge in [0.05, 0.1) is 13.2 Å². The van der Waals surface area contributed by atoms with Crippen molar-refractivity contribution in [2.75, 3.05) is 13.2 Å². The Labute approximate surface area is 84.5 Å². The molecule has 3 N–H and O–H groups in total. The van der Waals surface area contributed by atoms with E-state index in [-0.39, 0.29) is 24.8 Å². The Morgan fingerprint density at radius 2 is 2.00 bits per heavy atom. The SMILES string of the molecule is CCOC=C([NH3+])CC(=O)OCC.[Cl-]. The van der Waals surface area contributed by atoms with Crippen molar-refractivity contribution in [3.05, 3.63) is 12.0 Å². The molecular formula is C8H16ClNO3. The first kappa shape index (κ1) is 14.8. The van der Waals surface area contributed by atoms with Crippen molar-refractivity contribution >= 4 is 5.97 Å². The Kier molecular flexibility index (Phi) is 10.6. The predicted octanol–water partition coefficient (Wildman–Crippen LogP) is -2.94. The standard InChI is InChI=1S/C8H15NO3.ClH/c1-3-11-6-7(9)5-8(10)12-4-2;/h6H,3-5,9H2,1-2H3;1H. The fraction of sp³-hybridized carbons (Fsp3) is 0.625. The summed E-state index contributed by atoms with van der Waals surface area (Å²) in [5, 5.41) is 0. The number of hydrogen-bond donors (Lipinski definition) is 1. The molecular weight excluding hydrogens is 194 g/mol. The molecule has 0 rings (SSSR count). The maximum absolute atomic E-state index is 10.9. The van der Waals surface area contributed by atoms with Gasteiger partial charge in [-0.3, -0.25) is 4.79 Å². The Hall–Kier alpha value is -0.740. The number of halogens is 1. The zero-order chi connectivity index (χ0) is 9.40. The number of carbonyl (C=O) groups is 1. The summed E-state index contributed by atoms with van der Waals surface area (Å²) >= 11 is 0. The zero-order valence-electron chi connectivity index (χ0n) is 8.01. The van der Waals surface area contributed by atoms with E-state index in [1.165, 1.54) is 6.26 Å². The maximum atomic E-state index is 10.9. The van der Waals surface area contributed by atoms with E-state index in [2.05, 4.69) is 5.73 Å². The average Bonchev–Trinajstić information content (AvgIpc) is 2.01. The van der Waals surface area contributed by atoms with Crippen LogP contribution in [0.5, 0.6) is 0 Å². The van der Waals surface area contributed by atoms with Gasteiger partial charge in [0.25, 0.3) is 0 Å². The molecule has 0 aromatic heterocycles. The van der Waals surface area contributed by atoms with E-state index in [1.807, 2.05) is 6.92 Å². The number of ether oxygens (including phenoxy) is 2. The van der Waals surface area contributed by atoms with Crippen LogP contribution in [-0.2, 0) is 14.3 Å². The van der Waals surface area contributed by atoms with Crippen LogP contribution in [0.1, 0.15) is 20.3 Å². The summed E-state index contributed by atoms with van der Waals surface area (Å²) in [5.74, 6) is -0.265. The molecule has 0 aliphatic rings. The van der Waals surface area contributed by atoms with E-state index >= 15 is 0 Å². The highest BCUT2D eigenvalue weighted by molar-refractivity contribution is 5.71. The zero-order valence-corrected chi connectivity index (χ0v) is 8.76. The molecule has 0 aliphatic carbocycles. The third-order valence-corrected chi connectivity index (χ3v) is 1.09. The van der Waals surface area contributed by atoms with Crippen molar-refractivity contribution in [1.29, 1.82) is 0 Å². The highest BCUT2D eigenvalue weighted by Crippen LogP contribution is 1.93. The summed E-state index contributed by atoms with van der Waals surface area (Å²) in [6.07, 6.45) is 1.69. The number of hydrogen-bond acceptors (Lipinski definition) is 3. The molecule has 0 aliphatic heterocycles. The number of esters is 1. The summed E-state index contributed by atoms with van der Waals surface area (Å²) in [5.41, 5.74) is 4.27. The normalized spacial score (nSPS) is 10.2. The van der Waals surface area contributed by atoms with Crippen molar-refractivity contribution in [3.8, 4) is 0 Å². The lowest BCUT2D eigenvalue weighted by Gasteiger charge is -1.99. The molecule has 78 valence electrons. The van der Waals surface area contributed by atoms with Crippen molar-refractivity contribution in [2.24, 2.45) is 0 Å². The molecule has 0 aromatic rings. The van der Waals surface area contributed by atoms with E-state index in [1.54, 1.807) is 6.92 Å². The molecule has 5 heteroatoms. The monoisotopic (exact) mass is 209 g/mol. The van der Waals surface area contributed by atoms with Crippen molar-refractivity contribution in [3.63, 3.8) is 0 Å². The third-order valence-electron chi connectivity index (χ3n) is 1.09. The lowest BCUT2D eigenvalue weighted by Crippen LogP contribution is -3.00. The quantitative estimate of drug-likeness (QED) is 0.390. The summed E-state index contributed by atoms with van der Waals surface area (Å²) in [7, 11) is 0. The Balaban J connectivity index is 0. The van der Waals surface area contributed by atoms with E-state index in [0.717, 1.165) is 0 Å². The topological polar surface area (TPSA) is 63.2 Å². The van der Waals surface area contributed by atoms with Gasteiger partial charge in [0, 0.05) is 0 Å². The van der Waals surface area contributed by atoms with Crippen molar-refractivity contribution in [2.45, 2.75) is 20.3 Å². The maximum Gasteiger partial charge on any atom is 0.315 e. The Bertz CT molecular complexity index is 171. The first-order chi connectivity index (χ1) is 5.70. The number of rotatable bonds is 5. The summed E-state index contributed by atoms with van der Waals surface area (Å²) in [4.78, 5) is 10.9. The van der Waals surface area contributed by atoms with Gasteiger partial charge in [0.1, 0.15) is 18.4 Å². The molecule has 4 nitrogen and oxygen atoms in total. The van der Waals surface area contributed by atoms with Gasteiger partial charge in [-0.2, -0.15) is 0 Å². The van der Waals surface area contributed by atoms with Gasteiger partial charge in [-0.25, -0.2) is 0 Å². The molecule has 0 fully saturated rings. The minimum Gasteiger partial charge on any atom is -1.00 e. The predicted molar refractivity (Wildman–Crippen MR) is 43.8 cm³/mol. The highest BCUT2D eigenvalue weighted by atomic mass is 35.5. The molecule has 13 heavy (non-hydrogen) atoms. The molecule has 0 spiro atoms. The Morgan fingerprint density at radius 3 is 2.46 bits per heavy atom. The number of quaternary nitrogens is 1. The lowest BCUT2D eigenvalue weighted by molar-refractivity contribution is -0.308. The largest absolute Gasteiger partial charge is 1.00 e. The second-order valence-electron chi connectivity index (χ2n) is 2.21. The van der Waals surface area contributed by atoms with Crippen LogP contribution in [-0.4, -0.2) is 19.2 Å². The van der Waals surface area contributed by atoms with Gasteiger partial charge in [0.15, 0.2) is 0 Å². The van der Waals surface area contributed by atoms with E-state index in [4.69, 9.17) is 9.47 Å². The number of carbonyl (C=O) groups excluding carboxylic acids is 1. The Morgan fingerprint density at radius 1 is 1.38 bits per heavy atom. The average molecular weight is 210 g/mol. The van der Waals surface area contributed by atoms with Crippen LogP contribution in [0.25, 0.3) is 0 Å². The fourth-order valence-corrected chi connectivity index (χ4v) is 0.640. The molecule has 0 aromatic carbocycles. The van der Waals surface area contributed by atoms with Gasteiger partial charge in [-0.05, 0) is 13.8 Å². The first-order valence-corrected chi connectivity index (χ1v) is 3.98. The van der Waals surface area contributed by atoms with E-state index < -0.39 is 0 Å². The van der Waals surface area contributed by atoms with Crippen LogP contribution in [0.3, 0.4) is 0 Å². The van der Waals surface area contributed by atoms with Gasteiger partial charge in [0.2, 0.25) is 0 Å². The minimum atomic E-state index is -0.265. The molecule has 0 heterocycles. The molecule has 0 amide bonds. The second kappa shape index (κ2) is 9.35. The third kappa shape index (κ3) is 9.17. The smallest absolute Gasteiger partial charge is 0.315 e. The molecule has 0 saturated carbocycles. The van der Waals surface area contributed by atoms with E-state index in [0.29, 0.717) is 18.9 Å². The van der Waals surface area contributed by atoms with Gasteiger partial charge in [-0.1, -0.05) is 0 Å². The second-order valence-corrected chi connectivity index (χ2v) is 2.21. The van der Waals surface area contributed by atoms with Crippen LogP contribution in [0, 0.1) is 0 Å². The summed E-state index contributed by atoms with van der Waals surface area (Å²) in [6.45, 7) is 4.63. The summed E-state index contributed by atoms with van der Waals surface area (Å²) < 4.78 is 9.66. The van der Waals surface area contributed by atoms with E-state index in [9.17, 15) is 4.79 Å². The van der Waals surface area contributed by atoms with Gasteiger partial charge in [-0.15, -0.1) is 0 Å². The van der Waals surface area contributed by atoms with Gasteiger partial charge < -0.3 is 27.6 Å². The molecule has 0 unspecified atom stereocenters.